The summed E-state index contributed by atoms with van der Waals surface area (Å²) in [5.41, 5.74) is -2.34. The fourth-order valence-corrected chi connectivity index (χ4v) is 4.19. The van der Waals surface area contributed by atoms with E-state index in [1.165, 1.54) is 0 Å². The number of rotatable bonds is 0. The summed E-state index contributed by atoms with van der Waals surface area (Å²) in [4.78, 5) is 0. The van der Waals surface area contributed by atoms with Crippen molar-refractivity contribution in [2.75, 3.05) is 0 Å². The zero-order valence-electron chi connectivity index (χ0n) is 12.2. The standard InChI is InChI=1S/C15H24O4/c1-11(2)7-10-8-13(4,17)15(18)6-5-12(3,16)14(10,9-11)19-15/h8,16-18H,5-7,9H2,1-4H3/t12-,13-,14-,15-/m1/s1. The molecule has 0 unspecified atom stereocenters. The third-order valence-corrected chi connectivity index (χ3v) is 5.33. The van der Waals surface area contributed by atoms with Gasteiger partial charge in [-0.15, -0.1) is 0 Å². The molecule has 0 radical (unpaired) electrons. The highest BCUT2D eigenvalue weighted by atomic mass is 16.7. The fraction of sp³-hybridized carbons (Fsp3) is 0.867. The van der Waals surface area contributed by atoms with Gasteiger partial charge in [-0.1, -0.05) is 13.8 Å². The summed E-state index contributed by atoms with van der Waals surface area (Å²) in [7, 11) is 0. The van der Waals surface area contributed by atoms with Crippen molar-refractivity contribution < 1.29 is 20.1 Å². The van der Waals surface area contributed by atoms with E-state index in [2.05, 4.69) is 13.8 Å². The monoisotopic (exact) mass is 268 g/mol. The molecule has 0 aromatic rings. The molecular weight excluding hydrogens is 244 g/mol. The minimum atomic E-state index is -1.60. The van der Waals surface area contributed by atoms with Crippen molar-refractivity contribution in [3.8, 4) is 0 Å². The van der Waals surface area contributed by atoms with Gasteiger partial charge in [0.1, 0.15) is 11.2 Å². The van der Waals surface area contributed by atoms with Crippen LogP contribution in [0.25, 0.3) is 0 Å². The number of hydrogen-bond donors (Lipinski definition) is 3. The van der Waals surface area contributed by atoms with Gasteiger partial charge in [-0.3, -0.25) is 0 Å². The molecule has 2 bridgehead atoms. The fourth-order valence-electron chi connectivity index (χ4n) is 4.19. The average Bonchev–Trinajstić information content (AvgIpc) is 2.45. The predicted octanol–water partition coefficient (Wildman–Crippen LogP) is 1.49. The molecule has 108 valence electrons. The first-order chi connectivity index (χ1) is 8.43. The molecule has 4 heteroatoms. The Balaban J connectivity index is 2.20. The number of ether oxygens (including phenoxy) is 1. The van der Waals surface area contributed by atoms with E-state index in [-0.39, 0.29) is 11.8 Å². The van der Waals surface area contributed by atoms with Crippen LogP contribution in [0.2, 0.25) is 0 Å². The van der Waals surface area contributed by atoms with Crippen molar-refractivity contribution >= 4 is 0 Å². The third kappa shape index (κ3) is 1.54. The third-order valence-electron chi connectivity index (χ3n) is 5.33. The van der Waals surface area contributed by atoms with Crippen molar-refractivity contribution in [2.45, 2.75) is 76.0 Å². The molecular formula is C15H24O4. The molecule has 3 N–H and O–H groups in total. The molecule has 3 rings (SSSR count). The van der Waals surface area contributed by atoms with E-state index in [1.807, 2.05) is 0 Å². The second kappa shape index (κ2) is 3.25. The summed E-state index contributed by atoms with van der Waals surface area (Å²) < 4.78 is 5.97. The van der Waals surface area contributed by atoms with E-state index in [9.17, 15) is 15.3 Å². The first-order valence-electron chi connectivity index (χ1n) is 7.03. The molecule has 1 saturated carbocycles. The van der Waals surface area contributed by atoms with Gasteiger partial charge in [-0.25, -0.2) is 0 Å². The van der Waals surface area contributed by atoms with Gasteiger partial charge < -0.3 is 20.1 Å². The number of aliphatic hydroxyl groups is 3. The molecule has 4 atom stereocenters. The van der Waals surface area contributed by atoms with Crippen LogP contribution in [0.3, 0.4) is 0 Å². The molecule has 0 aromatic carbocycles. The Morgan fingerprint density at radius 1 is 1.05 bits per heavy atom. The summed E-state index contributed by atoms with van der Waals surface area (Å²) >= 11 is 0. The Kier molecular flexibility index (Phi) is 2.32. The summed E-state index contributed by atoms with van der Waals surface area (Å²) in [5.74, 6) is -1.60. The second-order valence-electron chi connectivity index (χ2n) is 7.82. The molecule has 3 aliphatic rings. The lowest BCUT2D eigenvalue weighted by atomic mass is 9.66. The molecule has 2 heterocycles. The second-order valence-corrected chi connectivity index (χ2v) is 7.82. The molecule has 2 aliphatic heterocycles. The lowest BCUT2D eigenvalue weighted by Crippen LogP contribution is -2.70. The molecule has 0 amide bonds. The Morgan fingerprint density at radius 3 is 2.32 bits per heavy atom. The van der Waals surface area contributed by atoms with Gasteiger partial charge in [0.05, 0.1) is 5.60 Å². The van der Waals surface area contributed by atoms with Gasteiger partial charge in [-0.2, -0.15) is 0 Å². The van der Waals surface area contributed by atoms with Crippen LogP contribution in [0.4, 0.5) is 0 Å². The van der Waals surface area contributed by atoms with Crippen molar-refractivity contribution in [2.24, 2.45) is 5.41 Å². The van der Waals surface area contributed by atoms with Crippen LogP contribution in [-0.4, -0.2) is 37.9 Å². The van der Waals surface area contributed by atoms with Crippen LogP contribution in [0.15, 0.2) is 11.6 Å². The summed E-state index contributed by atoms with van der Waals surface area (Å²) in [5, 5.41) is 31.9. The van der Waals surface area contributed by atoms with Crippen LogP contribution < -0.4 is 0 Å². The minimum absolute atomic E-state index is 0.00546. The molecule has 19 heavy (non-hydrogen) atoms. The molecule has 1 spiro atoms. The van der Waals surface area contributed by atoms with Crippen LogP contribution in [-0.2, 0) is 4.74 Å². The van der Waals surface area contributed by atoms with Gasteiger partial charge in [0.15, 0.2) is 5.79 Å². The summed E-state index contributed by atoms with van der Waals surface area (Å²) in [6.45, 7) is 7.61. The van der Waals surface area contributed by atoms with Crippen LogP contribution in [0.5, 0.6) is 0 Å². The smallest absolute Gasteiger partial charge is 0.199 e. The zero-order chi connectivity index (χ0) is 14.3. The van der Waals surface area contributed by atoms with E-state index in [4.69, 9.17) is 4.74 Å². The van der Waals surface area contributed by atoms with Crippen molar-refractivity contribution in [3.63, 3.8) is 0 Å². The highest BCUT2D eigenvalue weighted by Crippen LogP contribution is 2.62. The van der Waals surface area contributed by atoms with E-state index in [0.29, 0.717) is 12.8 Å². The van der Waals surface area contributed by atoms with Gasteiger partial charge in [0.2, 0.25) is 0 Å². The Labute approximate surface area is 114 Å². The largest absolute Gasteiger partial charge is 0.387 e. The van der Waals surface area contributed by atoms with E-state index in [1.54, 1.807) is 19.9 Å². The Bertz CT molecular complexity index is 463. The lowest BCUT2D eigenvalue weighted by molar-refractivity contribution is -0.378. The Hall–Kier alpha value is -0.420. The SMILES string of the molecule is CC1(C)CC2=C[C@@](C)(O)[C@@]3(O)CC[C@@](C)(O)[C@]2(C1)O3. The highest BCUT2D eigenvalue weighted by Gasteiger charge is 2.69. The number of hydrogen-bond acceptors (Lipinski definition) is 4. The van der Waals surface area contributed by atoms with E-state index in [0.717, 1.165) is 12.0 Å². The minimum Gasteiger partial charge on any atom is -0.387 e. The van der Waals surface area contributed by atoms with Crippen molar-refractivity contribution in [3.05, 3.63) is 11.6 Å². The summed E-state index contributed by atoms with van der Waals surface area (Å²) in [6, 6.07) is 0. The van der Waals surface area contributed by atoms with Crippen LogP contribution in [0.1, 0.15) is 53.4 Å². The van der Waals surface area contributed by atoms with Gasteiger partial charge in [-0.05, 0) is 50.2 Å². The molecule has 2 fully saturated rings. The van der Waals surface area contributed by atoms with Crippen molar-refractivity contribution in [1.82, 2.24) is 0 Å². The highest BCUT2D eigenvalue weighted by molar-refractivity contribution is 5.38. The quantitative estimate of drug-likeness (QED) is 0.582. The van der Waals surface area contributed by atoms with E-state index < -0.39 is 22.6 Å². The van der Waals surface area contributed by atoms with Gasteiger partial charge >= 0.3 is 0 Å². The van der Waals surface area contributed by atoms with Gasteiger partial charge in [0, 0.05) is 6.42 Å². The van der Waals surface area contributed by atoms with Crippen LogP contribution in [0, 0.1) is 5.41 Å². The van der Waals surface area contributed by atoms with E-state index >= 15 is 0 Å². The maximum Gasteiger partial charge on any atom is 0.199 e. The zero-order valence-corrected chi connectivity index (χ0v) is 12.2. The van der Waals surface area contributed by atoms with Gasteiger partial charge in [0.25, 0.3) is 0 Å². The lowest BCUT2D eigenvalue weighted by Gasteiger charge is -2.59. The predicted molar refractivity (Wildman–Crippen MR) is 70.3 cm³/mol. The molecule has 1 saturated heterocycles. The Morgan fingerprint density at radius 2 is 1.68 bits per heavy atom. The van der Waals surface area contributed by atoms with Crippen LogP contribution >= 0.6 is 0 Å². The summed E-state index contributed by atoms with van der Waals surface area (Å²) in [6.07, 6.45) is 3.82. The molecule has 1 aliphatic carbocycles. The topological polar surface area (TPSA) is 69.9 Å². The maximum atomic E-state index is 10.8. The molecule has 0 aromatic heterocycles. The van der Waals surface area contributed by atoms with Crippen molar-refractivity contribution in [1.29, 1.82) is 0 Å². The average molecular weight is 268 g/mol. The normalized spacial score (nSPS) is 55.6. The molecule has 4 nitrogen and oxygen atoms in total. The first kappa shape index (κ1) is 13.6. The maximum absolute atomic E-state index is 10.8. The number of fused-ring (bicyclic) bond motifs is 1. The first-order valence-corrected chi connectivity index (χ1v) is 7.03.